The Bertz CT molecular complexity index is 408. The second kappa shape index (κ2) is 17.7. The molecule has 0 aromatic carbocycles. The normalized spacial score (nSPS) is 13.8. The molecule has 0 aliphatic rings. The first-order chi connectivity index (χ1) is 11.7. The topological polar surface area (TPSA) is 66.8 Å². The van der Waals surface area contributed by atoms with Crippen molar-refractivity contribution in [3.05, 3.63) is 48.6 Å². The van der Waals surface area contributed by atoms with Gasteiger partial charge in [0, 0.05) is 6.08 Å². The van der Waals surface area contributed by atoms with Crippen LogP contribution >= 0.6 is 0 Å². The van der Waals surface area contributed by atoms with Gasteiger partial charge >= 0.3 is 5.97 Å². The van der Waals surface area contributed by atoms with E-state index in [1.165, 1.54) is 31.8 Å². The van der Waals surface area contributed by atoms with Crippen molar-refractivity contribution in [2.45, 2.75) is 70.8 Å². The predicted molar refractivity (Wildman–Crippen MR) is 98.9 cm³/mol. The van der Waals surface area contributed by atoms with Gasteiger partial charge in [0.1, 0.15) is 0 Å². The van der Waals surface area contributed by atoms with Crippen LogP contribution in [-0.4, -0.2) is 22.4 Å². The molecule has 0 saturated carbocycles. The van der Waals surface area contributed by atoms with E-state index < -0.39 is 5.97 Å². The predicted octanol–water partition coefficient (Wildman–Crippen LogP) is 5.68. The van der Waals surface area contributed by atoms with Gasteiger partial charge in [-0.25, -0.2) is 9.68 Å². The minimum atomic E-state index is -0.949. The van der Waals surface area contributed by atoms with Gasteiger partial charge in [0.15, 0.2) is 0 Å². The van der Waals surface area contributed by atoms with Gasteiger partial charge in [-0.15, -0.1) is 0 Å². The van der Waals surface area contributed by atoms with Gasteiger partial charge in [-0.2, -0.15) is 0 Å². The molecule has 0 bridgehead atoms. The molecular weight excluding hydrogens is 304 g/mol. The third kappa shape index (κ3) is 16.7. The second-order valence-corrected chi connectivity index (χ2v) is 5.76. The van der Waals surface area contributed by atoms with Gasteiger partial charge in [0.2, 0.25) is 0 Å². The quantitative estimate of drug-likeness (QED) is 0.133. The number of allylic oxidation sites excluding steroid dienone is 7. The van der Waals surface area contributed by atoms with E-state index in [2.05, 4.69) is 17.9 Å². The average Bonchev–Trinajstić information content (AvgIpc) is 2.57. The molecule has 0 aromatic heterocycles. The van der Waals surface area contributed by atoms with Gasteiger partial charge < -0.3 is 5.11 Å². The molecule has 4 heteroatoms. The van der Waals surface area contributed by atoms with Crippen LogP contribution < -0.4 is 0 Å². The largest absolute Gasteiger partial charge is 0.478 e. The lowest BCUT2D eigenvalue weighted by molar-refractivity contribution is -0.281. The maximum Gasteiger partial charge on any atom is 0.328 e. The molecule has 0 heterocycles. The smallest absolute Gasteiger partial charge is 0.328 e. The maximum atomic E-state index is 10.2. The van der Waals surface area contributed by atoms with Gasteiger partial charge in [0.05, 0.1) is 6.10 Å². The highest BCUT2D eigenvalue weighted by atomic mass is 17.1. The molecule has 0 aliphatic carbocycles. The van der Waals surface area contributed by atoms with Crippen molar-refractivity contribution in [3.63, 3.8) is 0 Å². The molecule has 136 valence electrons. The Morgan fingerprint density at radius 2 is 1.54 bits per heavy atom. The summed E-state index contributed by atoms with van der Waals surface area (Å²) in [5.74, 6) is -0.949. The molecule has 0 saturated heterocycles. The molecule has 0 radical (unpaired) electrons. The third-order valence-electron chi connectivity index (χ3n) is 3.61. The molecule has 0 aliphatic heterocycles. The molecule has 24 heavy (non-hydrogen) atoms. The Morgan fingerprint density at radius 1 is 0.917 bits per heavy atom. The van der Waals surface area contributed by atoms with Gasteiger partial charge in [-0.3, -0.25) is 5.26 Å². The monoisotopic (exact) mass is 336 g/mol. The van der Waals surface area contributed by atoms with E-state index in [9.17, 15) is 4.79 Å². The lowest BCUT2D eigenvalue weighted by atomic mass is 10.0. The van der Waals surface area contributed by atoms with E-state index in [1.807, 2.05) is 18.2 Å². The lowest BCUT2D eigenvalue weighted by Gasteiger charge is -2.12. The summed E-state index contributed by atoms with van der Waals surface area (Å²) in [5, 5.41) is 17.3. The van der Waals surface area contributed by atoms with E-state index >= 15 is 0 Å². The Kier molecular flexibility index (Phi) is 16.5. The Labute approximate surface area is 146 Å². The number of aliphatic carboxylic acids is 1. The highest BCUT2D eigenvalue weighted by Crippen LogP contribution is 2.14. The van der Waals surface area contributed by atoms with Crippen molar-refractivity contribution >= 4 is 5.97 Å². The van der Waals surface area contributed by atoms with Gasteiger partial charge in [-0.05, 0) is 25.7 Å². The number of hydrogen-bond acceptors (Lipinski definition) is 3. The van der Waals surface area contributed by atoms with E-state index in [1.54, 1.807) is 12.2 Å². The molecule has 0 aromatic rings. The number of hydrogen-bond donors (Lipinski definition) is 2. The first-order valence-electron chi connectivity index (χ1n) is 8.90. The zero-order valence-corrected chi connectivity index (χ0v) is 14.8. The molecular formula is C20H32O4. The van der Waals surface area contributed by atoms with Gasteiger partial charge in [-0.1, -0.05) is 81.6 Å². The Morgan fingerprint density at radius 3 is 2.21 bits per heavy atom. The van der Waals surface area contributed by atoms with Crippen molar-refractivity contribution in [1.29, 1.82) is 0 Å². The fraction of sp³-hybridized carbons (Fsp3) is 0.550. The average molecular weight is 336 g/mol. The van der Waals surface area contributed by atoms with Crippen LogP contribution in [0.1, 0.15) is 64.7 Å². The molecule has 1 atom stereocenters. The van der Waals surface area contributed by atoms with E-state index in [0.717, 1.165) is 38.2 Å². The van der Waals surface area contributed by atoms with E-state index in [0.29, 0.717) is 0 Å². The minimum Gasteiger partial charge on any atom is -0.478 e. The SMILES string of the molecule is CCCCCCCC(CCCC=CC=CC=CC=CC(=O)O)OO. The molecule has 0 spiro atoms. The summed E-state index contributed by atoms with van der Waals surface area (Å²) in [7, 11) is 0. The number of unbranched alkanes of at least 4 members (excludes halogenated alkanes) is 5. The summed E-state index contributed by atoms with van der Waals surface area (Å²) in [6.07, 6.45) is 23.6. The summed E-state index contributed by atoms with van der Waals surface area (Å²) in [6.45, 7) is 2.20. The van der Waals surface area contributed by atoms with Crippen molar-refractivity contribution in [2.24, 2.45) is 0 Å². The third-order valence-corrected chi connectivity index (χ3v) is 3.61. The van der Waals surface area contributed by atoms with E-state index in [-0.39, 0.29) is 6.10 Å². The van der Waals surface area contributed by atoms with Crippen LogP contribution in [0.3, 0.4) is 0 Å². The summed E-state index contributed by atoms with van der Waals surface area (Å²) in [4.78, 5) is 14.8. The van der Waals surface area contributed by atoms with Crippen LogP contribution in [0.25, 0.3) is 0 Å². The van der Waals surface area contributed by atoms with Crippen LogP contribution in [0.5, 0.6) is 0 Å². The maximum absolute atomic E-state index is 10.2. The fourth-order valence-corrected chi connectivity index (χ4v) is 2.26. The van der Waals surface area contributed by atoms with Crippen molar-refractivity contribution < 1.29 is 20.0 Å². The first-order valence-corrected chi connectivity index (χ1v) is 8.90. The number of rotatable bonds is 15. The second-order valence-electron chi connectivity index (χ2n) is 5.76. The zero-order valence-electron chi connectivity index (χ0n) is 14.8. The Balaban J connectivity index is 3.68. The molecule has 0 fully saturated rings. The standard InChI is InChI=1S/C20H32O4/c1-2-3-4-10-13-16-19(24-23)17-14-11-8-6-5-7-9-12-15-18-20(21)22/h5-9,12,15,18-19,23H,2-4,10-11,13-14,16-17H2,1H3,(H,21,22). The van der Waals surface area contributed by atoms with Crippen LogP contribution in [0.4, 0.5) is 0 Å². The van der Waals surface area contributed by atoms with Crippen molar-refractivity contribution in [3.8, 4) is 0 Å². The molecule has 1 unspecified atom stereocenters. The van der Waals surface area contributed by atoms with Crippen LogP contribution in [0, 0.1) is 0 Å². The summed E-state index contributed by atoms with van der Waals surface area (Å²) in [6, 6.07) is 0. The lowest BCUT2D eigenvalue weighted by Crippen LogP contribution is -2.10. The first kappa shape index (κ1) is 22.4. The van der Waals surface area contributed by atoms with Gasteiger partial charge in [0.25, 0.3) is 0 Å². The number of carboxylic acid groups (broad SMARTS) is 1. The number of carboxylic acids is 1. The van der Waals surface area contributed by atoms with Crippen molar-refractivity contribution in [2.75, 3.05) is 0 Å². The summed E-state index contributed by atoms with van der Waals surface area (Å²) in [5.41, 5.74) is 0. The number of carbonyl (C=O) groups is 1. The van der Waals surface area contributed by atoms with Crippen LogP contribution in [0.15, 0.2) is 48.6 Å². The van der Waals surface area contributed by atoms with Crippen LogP contribution in [-0.2, 0) is 9.68 Å². The zero-order chi connectivity index (χ0) is 17.9. The van der Waals surface area contributed by atoms with Crippen molar-refractivity contribution in [1.82, 2.24) is 0 Å². The Hall–Kier alpha value is -1.65. The molecule has 2 N–H and O–H groups in total. The van der Waals surface area contributed by atoms with E-state index in [4.69, 9.17) is 10.4 Å². The molecule has 0 amide bonds. The highest BCUT2D eigenvalue weighted by Gasteiger charge is 2.07. The minimum absolute atomic E-state index is 0.0421. The highest BCUT2D eigenvalue weighted by molar-refractivity contribution is 5.80. The molecule has 4 nitrogen and oxygen atoms in total. The fourth-order valence-electron chi connectivity index (χ4n) is 2.26. The summed E-state index contributed by atoms with van der Waals surface area (Å²) >= 11 is 0. The molecule has 0 rings (SSSR count). The van der Waals surface area contributed by atoms with Crippen LogP contribution in [0.2, 0.25) is 0 Å². The summed E-state index contributed by atoms with van der Waals surface area (Å²) < 4.78 is 0.